The first-order chi connectivity index (χ1) is 9.00. The summed E-state index contributed by atoms with van der Waals surface area (Å²) in [7, 11) is 1.75. The summed E-state index contributed by atoms with van der Waals surface area (Å²) in [6.45, 7) is 1.94. The van der Waals surface area contributed by atoms with E-state index in [1.165, 1.54) is 11.3 Å². The number of halogens is 1. The van der Waals surface area contributed by atoms with Crippen molar-refractivity contribution < 1.29 is 9.90 Å². The van der Waals surface area contributed by atoms with Crippen LogP contribution < -0.4 is 0 Å². The Bertz CT molecular complexity index is 579. The highest BCUT2D eigenvalue weighted by Crippen LogP contribution is 2.27. The first kappa shape index (κ1) is 13.9. The average Bonchev–Trinajstić information content (AvgIpc) is 2.83. The van der Waals surface area contributed by atoms with Gasteiger partial charge in [0.15, 0.2) is 0 Å². The van der Waals surface area contributed by atoms with Gasteiger partial charge in [-0.3, -0.25) is 4.79 Å². The van der Waals surface area contributed by atoms with Gasteiger partial charge < -0.3 is 10.0 Å². The quantitative estimate of drug-likeness (QED) is 0.932. The molecule has 1 aromatic carbocycles. The Morgan fingerprint density at radius 1 is 1.32 bits per heavy atom. The van der Waals surface area contributed by atoms with Gasteiger partial charge >= 0.3 is 0 Å². The normalized spacial score (nSPS) is 12.2. The van der Waals surface area contributed by atoms with Gasteiger partial charge in [0.2, 0.25) is 0 Å². The third kappa shape index (κ3) is 2.91. The molecule has 100 valence electrons. The van der Waals surface area contributed by atoms with E-state index >= 15 is 0 Å². The van der Waals surface area contributed by atoms with Gasteiger partial charge in [0, 0.05) is 7.05 Å². The van der Waals surface area contributed by atoms with Crippen LogP contribution in [0, 0.1) is 0 Å². The van der Waals surface area contributed by atoms with Crippen molar-refractivity contribution in [2.45, 2.75) is 13.0 Å². The minimum Gasteiger partial charge on any atom is -0.508 e. The number of aromatic hydroxyl groups is 1. The highest BCUT2D eigenvalue weighted by atomic mass is 35.5. The topological polar surface area (TPSA) is 40.5 Å². The molecule has 0 saturated heterocycles. The lowest BCUT2D eigenvalue weighted by molar-refractivity contribution is 0.0747. The van der Waals surface area contributed by atoms with Crippen molar-refractivity contribution in [2.24, 2.45) is 0 Å². The van der Waals surface area contributed by atoms with E-state index in [0.717, 1.165) is 5.56 Å². The maximum absolute atomic E-state index is 12.3. The number of rotatable bonds is 3. The molecule has 3 nitrogen and oxygen atoms in total. The van der Waals surface area contributed by atoms with Gasteiger partial charge in [0.05, 0.1) is 11.1 Å². The average molecular weight is 296 g/mol. The van der Waals surface area contributed by atoms with Crippen LogP contribution in [0.4, 0.5) is 0 Å². The van der Waals surface area contributed by atoms with Crippen molar-refractivity contribution in [1.82, 2.24) is 4.90 Å². The van der Waals surface area contributed by atoms with Gasteiger partial charge in [-0.2, -0.15) is 0 Å². The number of carbonyl (C=O) groups is 1. The second-order valence-corrected chi connectivity index (χ2v) is 5.60. The predicted octanol–water partition coefficient (Wildman–Crippen LogP) is 3.94. The molecule has 1 amide bonds. The molecule has 0 fully saturated rings. The van der Waals surface area contributed by atoms with E-state index in [1.54, 1.807) is 47.7 Å². The van der Waals surface area contributed by atoms with Crippen LogP contribution in [0.3, 0.4) is 0 Å². The van der Waals surface area contributed by atoms with Crippen molar-refractivity contribution in [1.29, 1.82) is 0 Å². The number of carbonyl (C=O) groups excluding carboxylic acids is 1. The summed E-state index contributed by atoms with van der Waals surface area (Å²) in [5, 5.41) is 11.6. The standard InChI is InChI=1S/C14H14ClNO2S/c1-9(10-3-5-11(17)6-4-10)16(2)14(18)13-12(15)7-8-19-13/h3-9,17H,1-2H3. The molecule has 1 aromatic heterocycles. The van der Waals surface area contributed by atoms with Crippen molar-refractivity contribution in [3.8, 4) is 5.75 Å². The van der Waals surface area contributed by atoms with Crippen LogP contribution in [0.5, 0.6) is 5.75 Å². The van der Waals surface area contributed by atoms with Gasteiger partial charge in [0.25, 0.3) is 5.91 Å². The molecule has 2 rings (SSSR count). The largest absolute Gasteiger partial charge is 0.508 e. The number of phenolic OH excluding ortho intramolecular Hbond substituents is 1. The summed E-state index contributed by atoms with van der Waals surface area (Å²) in [6, 6.07) is 8.47. The van der Waals surface area contributed by atoms with E-state index in [0.29, 0.717) is 9.90 Å². The Hall–Kier alpha value is -1.52. The number of phenols is 1. The summed E-state index contributed by atoms with van der Waals surface area (Å²) in [5.41, 5.74) is 0.960. The smallest absolute Gasteiger partial charge is 0.265 e. The van der Waals surface area contributed by atoms with Gasteiger partial charge in [-0.15, -0.1) is 11.3 Å². The summed E-state index contributed by atoms with van der Waals surface area (Å²) >= 11 is 7.32. The highest BCUT2D eigenvalue weighted by Gasteiger charge is 2.21. The van der Waals surface area contributed by atoms with Crippen LogP contribution in [-0.2, 0) is 0 Å². The van der Waals surface area contributed by atoms with E-state index < -0.39 is 0 Å². The molecule has 0 aliphatic rings. The van der Waals surface area contributed by atoms with Crippen LogP contribution in [0.15, 0.2) is 35.7 Å². The lowest BCUT2D eigenvalue weighted by atomic mass is 10.1. The molecule has 0 aliphatic carbocycles. The molecule has 5 heteroatoms. The first-order valence-corrected chi connectivity index (χ1v) is 7.05. The molecular formula is C14H14ClNO2S. The van der Waals surface area contributed by atoms with E-state index in [9.17, 15) is 9.90 Å². The van der Waals surface area contributed by atoms with E-state index in [1.807, 2.05) is 6.92 Å². The molecule has 1 N–H and O–H groups in total. The summed E-state index contributed by atoms with van der Waals surface area (Å²) in [6.07, 6.45) is 0. The van der Waals surface area contributed by atoms with Crippen LogP contribution in [-0.4, -0.2) is 23.0 Å². The van der Waals surface area contributed by atoms with Crippen LogP contribution in [0.1, 0.15) is 28.2 Å². The van der Waals surface area contributed by atoms with Crippen LogP contribution >= 0.6 is 22.9 Å². The number of benzene rings is 1. The van der Waals surface area contributed by atoms with Crippen LogP contribution in [0.2, 0.25) is 5.02 Å². The van der Waals surface area contributed by atoms with Crippen molar-refractivity contribution in [3.63, 3.8) is 0 Å². The number of nitrogens with zero attached hydrogens (tertiary/aromatic N) is 1. The third-order valence-corrected chi connectivity index (χ3v) is 4.42. The summed E-state index contributed by atoms with van der Waals surface area (Å²) in [4.78, 5) is 14.5. The maximum Gasteiger partial charge on any atom is 0.265 e. The Kier molecular flexibility index (Phi) is 4.12. The molecule has 1 heterocycles. The zero-order chi connectivity index (χ0) is 14.0. The number of amides is 1. The Morgan fingerprint density at radius 3 is 2.47 bits per heavy atom. The molecule has 19 heavy (non-hydrogen) atoms. The molecule has 0 spiro atoms. The number of hydrogen-bond acceptors (Lipinski definition) is 3. The number of thiophene rings is 1. The molecule has 2 aromatic rings. The third-order valence-electron chi connectivity index (χ3n) is 3.09. The Balaban J connectivity index is 2.19. The Labute approximate surface area is 121 Å². The maximum atomic E-state index is 12.3. The second kappa shape index (κ2) is 5.63. The minimum absolute atomic E-state index is 0.0914. The molecule has 1 unspecified atom stereocenters. The van der Waals surface area contributed by atoms with Gasteiger partial charge in [-0.25, -0.2) is 0 Å². The molecule has 0 bridgehead atoms. The van der Waals surface area contributed by atoms with Crippen molar-refractivity contribution in [3.05, 3.63) is 51.2 Å². The van der Waals surface area contributed by atoms with Gasteiger partial charge in [0.1, 0.15) is 10.6 Å². The van der Waals surface area contributed by atoms with E-state index in [4.69, 9.17) is 11.6 Å². The zero-order valence-corrected chi connectivity index (χ0v) is 12.2. The fraction of sp³-hybridized carbons (Fsp3) is 0.214. The van der Waals surface area contributed by atoms with Crippen molar-refractivity contribution in [2.75, 3.05) is 7.05 Å². The molecule has 0 saturated carbocycles. The lowest BCUT2D eigenvalue weighted by Gasteiger charge is -2.25. The summed E-state index contributed by atoms with van der Waals surface area (Å²) in [5.74, 6) is 0.117. The van der Waals surface area contributed by atoms with Crippen molar-refractivity contribution >= 4 is 28.8 Å². The predicted molar refractivity (Wildman–Crippen MR) is 77.9 cm³/mol. The molecule has 0 aliphatic heterocycles. The highest BCUT2D eigenvalue weighted by molar-refractivity contribution is 7.12. The number of hydrogen-bond donors (Lipinski definition) is 1. The summed E-state index contributed by atoms with van der Waals surface area (Å²) < 4.78 is 0. The fourth-order valence-electron chi connectivity index (χ4n) is 1.76. The lowest BCUT2D eigenvalue weighted by Crippen LogP contribution is -2.29. The minimum atomic E-state index is -0.0967. The van der Waals surface area contributed by atoms with Gasteiger partial charge in [-0.05, 0) is 36.1 Å². The van der Waals surface area contributed by atoms with Crippen LogP contribution in [0.25, 0.3) is 0 Å². The molecular weight excluding hydrogens is 282 g/mol. The molecule has 1 atom stereocenters. The van der Waals surface area contributed by atoms with Gasteiger partial charge in [-0.1, -0.05) is 23.7 Å². The fourth-order valence-corrected chi connectivity index (χ4v) is 2.88. The monoisotopic (exact) mass is 295 g/mol. The zero-order valence-electron chi connectivity index (χ0n) is 10.6. The molecule has 0 radical (unpaired) electrons. The first-order valence-electron chi connectivity index (χ1n) is 5.79. The van der Waals surface area contributed by atoms with E-state index in [2.05, 4.69) is 0 Å². The second-order valence-electron chi connectivity index (χ2n) is 4.28. The SMILES string of the molecule is CC(c1ccc(O)cc1)N(C)C(=O)c1sccc1Cl. The van der Waals surface area contributed by atoms with E-state index in [-0.39, 0.29) is 17.7 Å². The Morgan fingerprint density at radius 2 is 1.95 bits per heavy atom.